The predicted molar refractivity (Wildman–Crippen MR) is 80.1 cm³/mol. The third-order valence-corrected chi connectivity index (χ3v) is 3.94. The summed E-state index contributed by atoms with van der Waals surface area (Å²) in [7, 11) is 0. The van der Waals surface area contributed by atoms with E-state index in [1.54, 1.807) is 12.1 Å². The van der Waals surface area contributed by atoms with E-state index in [2.05, 4.69) is 0 Å². The first kappa shape index (κ1) is 15.2. The number of halogens is 1. The fourth-order valence-corrected chi connectivity index (χ4v) is 2.92. The average molecular weight is 297 g/mol. The Balaban J connectivity index is 2.32. The zero-order valence-electron chi connectivity index (χ0n) is 12.1. The van der Waals surface area contributed by atoms with Gasteiger partial charge in [0, 0.05) is 17.5 Å². The molecule has 0 aromatic heterocycles. The second-order valence-corrected chi connectivity index (χ2v) is 5.40. The molecule has 2 rings (SSSR count). The Morgan fingerprint density at radius 3 is 2.25 bits per heavy atom. The van der Waals surface area contributed by atoms with Crippen LogP contribution in [0, 0.1) is 5.92 Å². The molecule has 3 nitrogen and oxygen atoms in total. The van der Waals surface area contributed by atoms with Crippen LogP contribution in [-0.4, -0.2) is 19.0 Å². The Morgan fingerprint density at radius 2 is 1.70 bits per heavy atom. The smallest absolute Gasteiger partial charge is 0.167 e. The Hall–Kier alpha value is -1.22. The van der Waals surface area contributed by atoms with Gasteiger partial charge in [-0.25, -0.2) is 0 Å². The molecule has 4 heteroatoms. The summed E-state index contributed by atoms with van der Waals surface area (Å²) in [6, 6.07) is 3.43. The molecule has 1 aliphatic carbocycles. The number of benzene rings is 1. The van der Waals surface area contributed by atoms with Crippen LogP contribution in [0.15, 0.2) is 12.1 Å². The molecule has 0 unspecified atom stereocenters. The van der Waals surface area contributed by atoms with Gasteiger partial charge in [0.05, 0.1) is 18.2 Å². The van der Waals surface area contributed by atoms with Gasteiger partial charge in [0.1, 0.15) is 0 Å². The van der Waals surface area contributed by atoms with Crippen LogP contribution in [0.1, 0.15) is 49.9 Å². The van der Waals surface area contributed by atoms with Crippen molar-refractivity contribution in [2.24, 2.45) is 5.92 Å². The zero-order valence-corrected chi connectivity index (χ0v) is 12.8. The summed E-state index contributed by atoms with van der Waals surface area (Å²) in [6.07, 6.45) is 4.19. The minimum absolute atomic E-state index is 0.111. The molecule has 0 bridgehead atoms. The molecule has 20 heavy (non-hydrogen) atoms. The predicted octanol–water partition coefficient (Wildman–Crippen LogP) is 4.51. The van der Waals surface area contributed by atoms with E-state index >= 15 is 0 Å². The van der Waals surface area contributed by atoms with Crippen LogP contribution in [0.5, 0.6) is 11.5 Å². The maximum absolute atomic E-state index is 12.5. The minimum Gasteiger partial charge on any atom is -0.490 e. The molecule has 1 saturated carbocycles. The summed E-state index contributed by atoms with van der Waals surface area (Å²) in [6.45, 7) is 4.87. The summed E-state index contributed by atoms with van der Waals surface area (Å²) in [5.74, 6) is 1.44. The topological polar surface area (TPSA) is 35.5 Å². The van der Waals surface area contributed by atoms with E-state index in [1.807, 2.05) is 13.8 Å². The molecule has 1 aromatic rings. The number of Topliss-reactive ketones (excluding diaryl/α,β-unsaturated/α-hetero) is 1. The van der Waals surface area contributed by atoms with Crippen molar-refractivity contribution >= 4 is 17.4 Å². The highest BCUT2D eigenvalue weighted by atomic mass is 35.5. The van der Waals surface area contributed by atoms with Crippen molar-refractivity contribution in [1.29, 1.82) is 0 Å². The van der Waals surface area contributed by atoms with Crippen molar-refractivity contribution in [1.82, 2.24) is 0 Å². The second-order valence-electron chi connectivity index (χ2n) is 4.99. The Labute approximate surface area is 125 Å². The second kappa shape index (κ2) is 6.98. The van der Waals surface area contributed by atoms with E-state index < -0.39 is 0 Å². The molecule has 0 amide bonds. The van der Waals surface area contributed by atoms with Crippen LogP contribution >= 0.6 is 11.6 Å². The molecule has 1 aliphatic rings. The third kappa shape index (κ3) is 3.26. The number of hydrogen-bond acceptors (Lipinski definition) is 3. The molecule has 0 radical (unpaired) electrons. The van der Waals surface area contributed by atoms with Gasteiger partial charge in [0.2, 0.25) is 0 Å². The summed E-state index contributed by atoms with van der Waals surface area (Å²) in [4.78, 5) is 12.5. The molecule has 0 saturated heterocycles. The number of rotatable bonds is 6. The van der Waals surface area contributed by atoms with Gasteiger partial charge >= 0.3 is 0 Å². The Morgan fingerprint density at radius 1 is 1.15 bits per heavy atom. The molecule has 0 aliphatic heterocycles. The summed E-state index contributed by atoms with van der Waals surface area (Å²) < 4.78 is 11.1. The fourth-order valence-electron chi connectivity index (χ4n) is 2.67. The molecule has 0 N–H and O–H groups in total. The number of hydrogen-bond donors (Lipinski definition) is 0. The zero-order chi connectivity index (χ0) is 14.5. The van der Waals surface area contributed by atoms with Crippen molar-refractivity contribution in [2.45, 2.75) is 39.5 Å². The fraction of sp³-hybridized carbons (Fsp3) is 0.562. The van der Waals surface area contributed by atoms with Crippen molar-refractivity contribution in [3.8, 4) is 11.5 Å². The van der Waals surface area contributed by atoms with E-state index in [4.69, 9.17) is 21.1 Å². The molecule has 0 spiro atoms. The monoisotopic (exact) mass is 296 g/mol. The summed E-state index contributed by atoms with van der Waals surface area (Å²) in [5, 5.41) is 0.453. The van der Waals surface area contributed by atoms with Gasteiger partial charge in [-0.2, -0.15) is 0 Å². The first-order chi connectivity index (χ1) is 9.67. The first-order valence-electron chi connectivity index (χ1n) is 7.30. The number of ether oxygens (including phenoxy) is 2. The lowest BCUT2D eigenvalue weighted by molar-refractivity contribution is 0.0922. The molecular formula is C16H21ClO3. The van der Waals surface area contributed by atoms with Gasteiger partial charge in [-0.3, -0.25) is 4.79 Å². The highest BCUT2D eigenvalue weighted by Crippen LogP contribution is 2.37. The van der Waals surface area contributed by atoms with Crippen LogP contribution < -0.4 is 9.47 Å². The Kier molecular flexibility index (Phi) is 5.30. The lowest BCUT2D eigenvalue weighted by atomic mass is 9.96. The van der Waals surface area contributed by atoms with Crippen molar-refractivity contribution in [3.05, 3.63) is 22.7 Å². The van der Waals surface area contributed by atoms with E-state index in [1.165, 1.54) is 0 Å². The molecule has 1 aromatic carbocycles. The van der Waals surface area contributed by atoms with Crippen LogP contribution in [-0.2, 0) is 0 Å². The molecule has 0 atom stereocenters. The van der Waals surface area contributed by atoms with Gasteiger partial charge < -0.3 is 9.47 Å². The maximum atomic E-state index is 12.5. The van der Waals surface area contributed by atoms with E-state index in [-0.39, 0.29) is 11.7 Å². The molecule has 110 valence electrons. The van der Waals surface area contributed by atoms with Gasteiger partial charge in [-0.1, -0.05) is 24.4 Å². The van der Waals surface area contributed by atoms with Crippen molar-refractivity contribution in [3.63, 3.8) is 0 Å². The van der Waals surface area contributed by atoms with Gasteiger partial charge in [-0.15, -0.1) is 0 Å². The lowest BCUT2D eigenvalue weighted by Crippen LogP contribution is -2.12. The van der Waals surface area contributed by atoms with E-state index in [9.17, 15) is 4.79 Å². The summed E-state index contributed by atoms with van der Waals surface area (Å²) >= 11 is 6.25. The Bertz CT molecular complexity index is 479. The normalized spacial score (nSPS) is 15.3. The SMILES string of the molecule is CCOc1cc(Cl)c(C(=O)C2CCCC2)cc1OCC. The van der Waals surface area contributed by atoms with Gasteiger partial charge in [-0.05, 0) is 32.8 Å². The number of carbonyl (C=O) groups is 1. The van der Waals surface area contributed by atoms with Gasteiger partial charge in [0.25, 0.3) is 0 Å². The van der Waals surface area contributed by atoms with Crippen LogP contribution in [0.4, 0.5) is 0 Å². The van der Waals surface area contributed by atoms with E-state index in [0.29, 0.717) is 35.3 Å². The molecule has 0 heterocycles. The van der Waals surface area contributed by atoms with Crippen LogP contribution in [0.25, 0.3) is 0 Å². The number of carbonyl (C=O) groups excluding carboxylic acids is 1. The average Bonchev–Trinajstić information content (AvgIpc) is 2.95. The van der Waals surface area contributed by atoms with Crippen LogP contribution in [0.2, 0.25) is 5.02 Å². The summed E-state index contributed by atoms with van der Waals surface area (Å²) in [5.41, 5.74) is 0.561. The standard InChI is InChI=1S/C16H21ClO3/c1-3-19-14-9-12(13(17)10-15(14)20-4-2)16(18)11-7-5-6-8-11/h9-11H,3-8H2,1-2H3. The quantitative estimate of drug-likeness (QED) is 0.725. The third-order valence-electron chi connectivity index (χ3n) is 3.62. The maximum Gasteiger partial charge on any atom is 0.167 e. The van der Waals surface area contributed by atoms with Crippen molar-refractivity contribution in [2.75, 3.05) is 13.2 Å². The van der Waals surface area contributed by atoms with Gasteiger partial charge in [0.15, 0.2) is 17.3 Å². The molecular weight excluding hydrogens is 276 g/mol. The minimum atomic E-state index is 0.111. The van der Waals surface area contributed by atoms with E-state index in [0.717, 1.165) is 25.7 Å². The largest absolute Gasteiger partial charge is 0.490 e. The number of ketones is 1. The molecule has 1 fully saturated rings. The highest BCUT2D eigenvalue weighted by Gasteiger charge is 2.26. The first-order valence-corrected chi connectivity index (χ1v) is 7.68. The highest BCUT2D eigenvalue weighted by molar-refractivity contribution is 6.34. The van der Waals surface area contributed by atoms with Crippen LogP contribution in [0.3, 0.4) is 0 Å². The van der Waals surface area contributed by atoms with Crippen molar-refractivity contribution < 1.29 is 14.3 Å². The lowest BCUT2D eigenvalue weighted by Gasteiger charge is -2.15.